The highest BCUT2D eigenvalue weighted by Crippen LogP contribution is 2.45. The van der Waals surface area contributed by atoms with Crippen LogP contribution in [0.15, 0.2) is 18.2 Å². The van der Waals surface area contributed by atoms with Crippen molar-refractivity contribution in [2.45, 2.75) is 37.6 Å². The van der Waals surface area contributed by atoms with E-state index in [2.05, 4.69) is 5.32 Å². The minimum Gasteiger partial charge on any atom is -0.481 e. The molecule has 3 atom stereocenters. The molecule has 18 heavy (non-hydrogen) atoms. The van der Waals surface area contributed by atoms with Crippen LogP contribution in [0.25, 0.3) is 0 Å². The average molecular weight is 249 g/mol. The van der Waals surface area contributed by atoms with Crippen molar-refractivity contribution in [2.75, 3.05) is 5.32 Å². The van der Waals surface area contributed by atoms with Crippen LogP contribution >= 0.6 is 0 Å². The molecule has 1 aromatic carbocycles. The van der Waals surface area contributed by atoms with Crippen molar-refractivity contribution in [3.05, 3.63) is 29.6 Å². The molecule has 0 radical (unpaired) electrons. The zero-order valence-corrected chi connectivity index (χ0v) is 10.0. The molecule has 3 rings (SSSR count). The van der Waals surface area contributed by atoms with Gasteiger partial charge in [-0.05, 0) is 30.4 Å². The van der Waals surface area contributed by atoms with E-state index in [1.54, 1.807) is 12.1 Å². The normalized spacial score (nSPS) is 29.9. The van der Waals surface area contributed by atoms with E-state index in [4.69, 9.17) is 0 Å². The summed E-state index contributed by atoms with van der Waals surface area (Å²) in [6, 6.07) is 4.81. The summed E-state index contributed by atoms with van der Waals surface area (Å²) in [4.78, 5) is 11.5. The Hall–Kier alpha value is -1.58. The van der Waals surface area contributed by atoms with Crippen molar-refractivity contribution in [3.63, 3.8) is 0 Å². The number of anilines is 1. The molecule has 1 saturated carbocycles. The second kappa shape index (κ2) is 4.26. The molecule has 1 heterocycles. The summed E-state index contributed by atoms with van der Waals surface area (Å²) < 4.78 is 13.8. The molecule has 0 aromatic heterocycles. The fraction of sp³-hybridized carbons (Fsp3) is 0.500. The largest absolute Gasteiger partial charge is 0.481 e. The van der Waals surface area contributed by atoms with Crippen molar-refractivity contribution in [2.24, 2.45) is 5.92 Å². The highest BCUT2D eigenvalue weighted by atomic mass is 19.1. The number of halogens is 1. The Balaban J connectivity index is 2.10. The molecule has 0 spiro atoms. The first-order valence-corrected chi connectivity index (χ1v) is 6.46. The molecule has 2 N–H and O–H groups in total. The molecule has 0 amide bonds. The summed E-state index contributed by atoms with van der Waals surface area (Å²) in [6.45, 7) is 0. The number of hydrogen-bond acceptors (Lipinski definition) is 2. The van der Waals surface area contributed by atoms with Gasteiger partial charge in [0.25, 0.3) is 0 Å². The molecule has 0 saturated heterocycles. The van der Waals surface area contributed by atoms with Crippen molar-refractivity contribution in [3.8, 4) is 0 Å². The van der Waals surface area contributed by atoms with E-state index >= 15 is 0 Å². The third-order valence-corrected chi connectivity index (χ3v) is 4.22. The second-order valence-corrected chi connectivity index (χ2v) is 5.22. The van der Waals surface area contributed by atoms with Crippen LogP contribution < -0.4 is 5.32 Å². The molecule has 4 heteroatoms. The average Bonchev–Trinajstić information content (AvgIpc) is 2.36. The van der Waals surface area contributed by atoms with Crippen molar-refractivity contribution in [1.29, 1.82) is 0 Å². The lowest BCUT2D eigenvalue weighted by Gasteiger charge is -2.41. The van der Waals surface area contributed by atoms with Gasteiger partial charge in [-0.3, -0.25) is 4.79 Å². The maximum absolute atomic E-state index is 13.8. The van der Waals surface area contributed by atoms with E-state index in [9.17, 15) is 14.3 Å². The van der Waals surface area contributed by atoms with Crippen LogP contribution in [0.1, 0.15) is 37.2 Å². The highest BCUT2D eigenvalue weighted by molar-refractivity contribution is 5.81. The van der Waals surface area contributed by atoms with Gasteiger partial charge in [0, 0.05) is 6.04 Å². The number of nitrogens with one attached hydrogen (secondary N) is 1. The molecule has 0 bridgehead atoms. The number of fused-ring (bicyclic) bond motifs is 2. The number of para-hydroxylation sites is 1. The predicted octanol–water partition coefficient (Wildman–Crippen LogP) is 2.98. The first kappa shape index (κ1) is 11.5. The van der Waals surface area contributed by atoms with Gasteiger partial charge in [-0.1, -0.05) is 25.0 Å². The number of benzene rings is 1. The topological polar surface area (TPSA) is 49.3 Å². The lowest BCUT2D eigenvalue weighted by atomic mass is 9.71. The van der Waals surface area contributed by atoms with Gasteiger partial charge in [0.05, 0.1) is 11.6 Å². The Morgan fingerprint density at radius 2 is 2.11 bits per heavy atom. The maximum Gasteiger partial charge on any atom is 0.311 e. The standard InChI is InChI=1S/C14H16FNO2/c15-10-6-3-5-9-12(14(17)18)8-4-1-2-7-11(8)16-13(9)10/h3,5-6,8,11-12,16H,1-2,4,7H2,(H,17,18). The molecule has 96 valence electrons. The zero-order valence-electron chi connectivity index (χ0n) is 10.0. The summed E-state index contributed by atoms with van der Waals surface area (Å²) >= 11 is 0. The Labute approximate surface area is 105 Å². The Kier molecular flexibility index (Phi) is 2.73. The minimum atomic E-state index is -0.833. The quantitative estimate of drug-likeness (QED) is 0.804. The van der Waals surface area contributed by atoms with Gasteiger partial charge in [0.1, 0.15) is 5.82 Å². The molecule has 2 aliphatic rings. The number of carbonyl (C=O) groups is 1. The van der Waals surface area contributed by atoms with Gasteiger partial charge in [-0.15, -0.1) is 0 Å². The molecular weight excluding hydrogens is 233 g/mol. The van der Waals surface area contributed by atoms with Crippen molar-refractivity contribution >= 4 is 11.7 Å². The minimum absolute atomic E-state index is 0.0885. The summed E-state index contributed by atoms with van der Waals surface area (Å²) in [5.74, 6) is -1.66. The Morgan fingerprint density at radius 1 is 1.33 bits per heavy atom. The van der Waals surface area contributed by atoms with E-state index in [-0.39, 0.29) is 17.8 Å². The van der Waals surface area contributed by atoms with Gasteiger partial charge < -0.3 is 10.4 Å². The molecule has 3 unspecified atom stereocenters. The van der Waals surface area contributed by atoms with Gasteiger partial charge in [0.2, 0.25) is 0 Å². The highest BCUT2D eigenvalue weighted by Gasteiger charge is 2.42. The zero-order chi connectivity index (χ0) is 12.7. The Morgan fingerprint density at radius 3 is 2.89 bits per heavy atom. The van der Waals surface area contributed by atoms with E-state index in [1.165, 1.54) is 6.07 Å². The summed E-state index contributed by atoms with van der Waals surface area (Å²) in [5, 5.41) is 12.7. The molecule has 1 aromatic rings. The fourth-order valence-electron chi connectivity index (χ4n) is 3.42. The van der Waals surface area contributed by atoms with Gasteiger partial charge in [0.15, 0.2) is 0 Å². The van der Waals surface area contributed by atoms with Crippen LogP contribution in [-0.2, 0) is 4.79 Å². The monoisotopic (exact) mass is 249 g/mol. The van der Waals surface area contributed by atoms with Crippen LogP contribution in [-0.4, -0.2) is 17.1 Å². The van der Waals surface area contributed by atoms with E-state index in [1.807, 2.05) is 0 Å². The second-order valence-electron chi connectivity index (χ2n) is 5.22. The molecule has 1 aliphatic carbocycles. The van der Waals surface area contributed by atoms with Gasteiger partial charge in [-0.25, -0.2) is 4.39 Å². The maximum atomic E-state index is 13.8. The molecule has 1 aliphatic heterocycles. The van der Waals surface area contributed by atoms with E-state index in [0.717, 1.165) is 25.7 Å². The fourth-order valence-corrected chi connectivity index (χ4v) is 3.42. The van der Waals surface area contributed by atoms with E-state index < -0.39 is 11.9 Å². The summed E-state index contributed by atoms with van der Waals surface area (Å²) in [5.41, 5.74) is 0.999. The van der Waals surface area contributed by atoms with Crippen LogP contribution in [0.3, 0.4) is 0 Å². The SMILES string of the molecule is O=C(O)C1c2cccc(F)c2NC2CCCCC21. The number of rotatable bonds is 1. The number of hydrogen-bond donors (Lipinski definition) is 2. The lowest BCUT2D eigenvalue weighted by Crippen LogP contribution is -2.43. The molecule has 1 fully saturated rings. The third-order valence-electron chi connectivity index (χ3n) is 4.22. The van der Waals surface area contributed by atoms with Crippen LogP contribution in [0.2, 0.25) is 0 Å². The first-order valence-electron chi connectivity index (χ1n) is 6.46. The number of carboxylic acids is 1. The van der Waals surface area contributed by atoms with Crippen LogP contribution in [0.4, 0.5) is 10.1 Å². The van der Waals surface area contributed by atoms with E-state index in [0.29, 0.717) is 11.3 Å². The predicted molar refractivity (Wildman–Crippen MR) is 66.1 cm³/mol. The Bertz CT molecular complexity index is 489. The summed E-state index contributed by atoms with van der Waals surface area (Å²) in [7, 11) is 0. The number of aliphatic carboxylic acids is 1. The van der Waals surface area contributed by atoms with Gasteiger partial charge in [-0.2, -0.15) is 0 Å². The van der Waals surface area contributed by atoms with Gasteiger partial charge >= 0.3 is 5.97 Å². The lowest BCUT2D eigenvalue weighted by molar-refractivity contribution is -0.140. The third kappa shape index (κ3) is 1.67. The first-order chi connectivity index (χ1) is 8.68. The van der Waals surface area contributed by atoms with Crippen LogP contribution in [0.5, 0.6) is 0 Å². The van der Waals surface area contributed by atoms with Crippen molar-refractivity contribution in [1.82, 2.24) is 0 Å². The smallest absolute Gasteiger partial charge is 0.311 e. The summed E-state index contributed by atoms with van der Waals surface area (Å²) in [6.07, 6.45) is 3.99. The molecular formula is C14H16FNO2. The van der Waals surface area contributed by atoms with Crippen LogP contribution in [0, 0.1) is 11.7 Å². The van der Waals surface area contributed by atoms with Crippen molar-refractivity contribution < 1.29 is 14.3 Å². The molecule has 3 nitrogen and oxygen atoms in total. The number of carboxylic acid groups (broad SMARTS) is 1.